The van der Waals surface area contributed by atoms with Crippen LogP contribution in [0, 0.1) is 0 Å². The quantitative estimate of drug-likeness (QED) is 0.784. The molecule has 100 valence electrons. The zero-order valence-electron chi connectivity index (χ0n) is 9.62. The van der Waals surface area contributed by atoms with Crippen molar-refractivity contribution in [2.24, 2.45) is 0 Å². The molecular weight excluding hydrogens is 279 g/mol. The zero-order chi connectivity index (χ0) is 13.9. The van der Waals surface area contributed by atoms with Gasteiger partial charge in [0.25, 0.3) is 0 Å². The highest BCUT2D eigenvalue weighted by Gasteiger charge is 2.33. The van der Waals surface area contributed by atoms with E-state index in [0.717, 1.165) is 6.07 Å². The number of hydrogen-bond acceptors (Lipinski definition) is 2. The third-order valence-electron chi connectivity index (χ3n) is 2.38. The molecule has 0 saturated heterocycles. The summed E-state index contributed by atoms with van der Waals surface area (Å²) >= 11 is 5.68. The molecule has 0 bridgehead atoms. The van der Waals surface area contributed by atoms with Crippen molar-refractivity contribution in [2.75, 3.05) is 0 Å². The smallest absolute Gasteiger partial charge is 0.419 e. The van der Waals surface area contributed by atoms with Crippen LogP contribution in [0.15, 0.2) is 42.6 Å². The largest absolute Gasteiger partial charge is 0.488 e. The first-order chi connectivity index (χ1) is 8.97. The number of hydrogen-bond donors (Lipinski definition) is 0. The van der Waals surface area contributed by atoms with Crippen molar-refractivity contribution in [1.29, 1.82) is 0 Å². The van der Waals surface area contributed by atoms with Gasteiger partial charge in [-0.05, 0) is 29.8 Å². The molecule has 0 amide bonds. The number of nitrogens with zero attached hydrogens (tertiary/aromatic N) is 1. The molecule has 0 aliphatic carbocycles. The molecule has 1 aromatic carbocycles. The topological polar surface area (TPSA) is 22.1 Å². The number of rotatable bonds is 3. The Labute approximate surface area is 112 Å². The fourth-order valence-electron chi connectivity index (χ4n) is 1.52. The number of alkyl halides is 3. The van der Waals surface area contributed by atoms with Crippen LogP contribution in [0.25, 0.3) is 0 Å². The van der Waals surface area contributed by atoms with Gasteiger partial charge in [0.05, 0.1) is 5.56 Å². The van der Waals surface area contributed by atoms with E-state index in [2.05, 4.69) is 4.98 Å². The SMILES string of the molecule is FC(F)(F)c1ccccc1OCc1ccnc(Cl)c1. The minimum absolute atomic E-state index is 0.00463. The molecule has 2 nitrogen and oxygen atoms in total. The highest BCUT2D eigenvalue weighted by atomic mass is 35.5. The average molecular weight is 288 g/mol. The van der Waals surface area contributed by atoms with Crippen molar-refractivity contribution in [3.05, 3.63) is 58.9 Å². The molecule has 2 aromatic rings. The van der Waals surface area contributed by atoms with Crippen molar-refractivity contribution in [3.63, 3.8) is 0 Å². The van der Waals surface area contributed by atoms with Gasteiger partial charge in [-0.25, -0.2) is 4.98 Å². The summed E-state index contributed by atoms with van der Waals surface area (Å²) in [5, 5.41) is 0.269. The Kier molecular flexibility index (Phi) is 3.95. The third kappa shape index (κ3) is 3.61. The maximum absolute atomic E-state index is 12.7. The second kappa shape index (κ2) is 5.48. The van der Waals surface area contributed by atoms with Gasteiger partial charge in [-0.2, -0.15) is 13.2 Å². The van der Waals surface area contributed by atoms with Crippen molar-refractivity contribution in [3.8, 4) is 5.75 Å². The lowest BCUT2D eigenvalue weighted by Crippen LogP contribution is -2.08. The number of pyridine rings is 1. The molecule has 0 radical (unpaired) electrons. The van der Waals surface area contributed by atoms with Gasteiger partial charge in [0.15, 0.2) is 0 Å². The van der Waals surface area contributed by atoms with Crippen LogP contribution in [0.3, 0.4) is 0 Å². The minimum Gasteiger partial charge on any atom is -0.488 e. The number of halogens is 4. The number of ether oxygens (including phenoxy) is 1. The van der Waals surface area contributed by atoms with E-state index in [1.807, 2.05) is 0 Å². The van der Waals surface area contributed by atoms with Crippen molar-refractivity contribution in [2.45, 2.75) is 12.8 Å². The molecule has 0 atom stereocenters. The van der Waals surface area contributed by atoms with E-state index in [4.69, 9.17) is 16.3 Å². The molecule has 0 N–H and O–H groups in total. The first-order valence-electron chi connectivity index (χ1n) is 5.36. The molecule has 0 spiro atoms. The molecule has 0 aliphatic heterocycles. The normalized spacial score (nSPS) is 11.4. The van der Waals surface area contributed by atoms with Crippen LogP contribution in [-0.4, -0.2) is 4.98 Å². The summed E-state index contributed by atoms with van der Waals surface area (Å²) in [6.07, 6.45) is -2.97. The maximum atomic E-state index is 12.7. The molecule has 0 saturated carbocycles. The van der Waals surface area contributed by atoms with Crippen LogP contribution >= 0.6 is 11.6 Å². The lowest BCUT2D eigenvalue weighted by Gasteiger charge is -2.13. The maximum Gasteiger partial charge on any atom is 0.419 e. The van der Waals surface area contributed by atoms with Crippen LogP contribution in [0.1, 0.15) is 11.1 Å². The summed E-state index contributed by atoms with van der Waals surface area (Å²) < 4.78 is 43.4. The Morgan fingerprint density at radius 1 is 1.16 bits per heavy atom. The first kappa shape index (κ1) is 13.7. The fraction of sp³-hybridized carbons (Fsp3) is 0.154. The Morgan fingerprint density at radius 3 is 2.58 bits per heavy atom. The van der Waals surface area contributed by atoms with Gasteiger partial charge >= 0.3 is 6.18 Å². The van der Waals surface area contributed by atoms with Gasteiger partial charge in [0, 0.05) is 6.20 Å². The summed E-state index contributed by atoms with van der Waals surface area (Å²) in [5.74, 6) is -0.206. The molecule has 1 aromatic heterocycles. The standard InChI is InChI=1S/C13H9ClF3NO/c14-12-7-9(5-6-18-12)8-19-11-4-2-1-3-10(11)13(15,16)17/h1-7H,8H2. The van der Waals surface area contributed by atoms with Crippen molar-refractivity contribution in [1.82, 2.24) is 4.98 Å². The number of aromatic nitrogens is 1. The molecule has 6 heteroatoms. The van der Waals surface area contributed by atoms with E-state index in [1.165, 1.54) is 30.5 Å². The Balaban J connectivity index is 2.16. The summed E-state index contributed by atoms with van der Waals surface area (Å²) in [4.78, 5) is 3.78. The van der Waals surface area contributed by atoms with Crippen LogP contribution in [0.4, 0.5) is 13.2 Å². The zero-order valence-corrected chi connectivity index (χ0v) is 10.4. The van der Waals surface area contributed by atoms with Crippen molar-refractivity contribution < 1.29 is 17.9 Å². The monoisotopic (exact) mass is 287 g/mol. The molecule has 0 fully saturated rings. The summed E-state index contributed by atoms with van der Waals surface area (Å²) in [7, 11) is 0. The second-order valence-electron chi connectivity index (χ2n) is 3.77. The molecule has 1 heterocycles. The summed E-state index contributed by atoms with van der Waals surface area (Å²) in [6, 6.07) is 8.24. The van der Waals surface area contributed by atoms with Gasteiger partial charge in [0.2, 0.25) is 0 Å². The molecule has 0 unspecified atom stereocenters. The molecular formula is C13H9ClF3NO. The van der Waals surface area contributed by atoms with Crippen LogP contribution in [-0.2, 0) is 12.8 Å². The average Bonchev–Trinajstić information content (AvgIpc) is 2.36. The van der Waals surface area contributed by atoms with Gasteiger partial charge < -0.3 is 4.74 Å². The first-order valence-corrected chi connectivity index (χ1v) is 5.74. The van der Waals surface area contributed by atoms with E-state index < -0.39 is 11.7 Å². The Morgan fingerprint density at radius 2 is 1.89 bits per heavy atom. The van der Waals surface area contributed by atoms with Crippen LogP contribution in [0.2, 0.25) is 5.15 Å². The minimum atomic E-state index is -4.44. The third-order valence-corrected chi connectivity index (χ3v) is 2.58. The van der Waals surface area contributed by atoms with E-state index >= 15 is 0 Å². The van der Waals surface area contributed by atoms with E-state index in [1.54, 1.807) is 6.07 Å². The predicted molar refractivity (Wildman–Crippen MR) is 65.0 cm³/mol. The Hall–Kier alpha value is -1.75. The molecule has 0 aliphatic rings. The van der Waals surface area contributed by atoms with Crippen LogP contribution < -0.4 is 4.74 Å². The van der Waals surface area contributed by atoms with E-state index in [-0.39, 0.29) is 17.5 Å². The molecule has 2 rings (SSSR count). The van der Waals surface area contributed by atoms with Crippen LogP contribution in [0.5, 0.6) is 5.75 Å². The predicted octanol–water partition coefficient (Wildman–Crippen LogP) is 4.33. The number of para-hydroxylation sites is 1. The van der Waals surface area contributed by atoms with Gasteiger partial charge in [-0.1, -0.05) is 23.7 Å². The van der Waals surface area contributed by atoms with Gasteiger partial charge in [0.1, 0.15) is 17.5 Å². The van der Waals surface area contributed by atoms with E-state index in [9.17, 15) is 13.2 Å². The summed E-state index contributed by atoms with van der Waals surface area (Å²) in [6.45, 7) is -0.00463. The highest BCUT2D eigenvalue weighted by Crippen LogP contribution is 2.36. The second-order valence-corrected chi connectivity index (χ2v) is 4.16. The Bertz CT molecular complexity index is 572. The fourth-order valence-corrected chi connectivity index (χ4v) is 1.72. The highest BCUT2D eigenvalue weighted by molar-refractivity contribution is 6.29. The lowest BCUT2D eigenvalue weighted by atomic mass is 10.2. The van der Waals surface area contributed by atoms with Crippen molar-refractivity contribution >= 4 is 11.6 Å². The lowest BCUT2D eigenvalue weighted by molar-refractivity contribution is -0.139. The van der Waals surface area contributed by atoms with Gasteiger partial charge in [-0.3, -0.25) is 0 Å². The molecule has 19 heavy (non-hydrogen) atoms. The number of benzene rings is 1. The summed E-state index contributed by atoms with van der Waals surface area (Å²) in [5.41, 5.74) is -0.146. The van der Waals surface area contributed by atoms with E-state index in [0.29, 0.717) is 5.56 Å². The van der Waals surface area contributed by atoms with Gasteiger partial charge in [-0.15, -0.1) is 0 Å².